The number of rotatable bonds is 10. The standard InChI is InChI=1S/C23H26N2O4/c1-4-28-19-5-7-20(8-6-19)29-23-13-17(9-10-25-23)15-24-16-18-11-21(26-2)14-22(12-18)27-3/h5-14,24H,4,15-16H2,1-3H3. The first-order chi connectivity index (χ1) is 14.2. The highest BCUT2D eigenvalue weighted by molar-refractivity contribution is 5.38. The number of hydrogen-bond donors (Lipinski definition) is 1. The summed E-state index contributed by atoms with van der Waals surface area (Å²) in [6.45, 7) is 3.96. The van der Waals surface area contributed by atoms with Gasteiger partial charge in [-0.05, 0) is 60.5 Å². The lowest BCUT2D eigenvalue weighted by Gasteiger charge is -2.10. The fourth-order valence-corrected chi connectivity index (χ4v) is 2.83. The van der Waals surface area contributed by atoms with Crippen molar-refractivity contribution in [3.05, 3.63) is 71.9 Å². The van der Waals surface area contributed by atoms with Crippen molar-refractivity contribution in [1.29, 1.82) is 0 Å². The van der Waals surface area contributed by atoms with Crippen molar-refractivity contribution in [2.75, 3.05) is 20.8 Å². The van der Waals surface area contributed by atoms with Gasteiger partial charge in [-0.2, -0.15) is 0 Å². The highest BCUT2D eigenvalue weighted by Crippen LogP contribution is 2.24. The number of nitrogens with one attached hydrogen (secondary N) is 1. The van der Waals surface area contributed by atoms with Crippen LogP contribution in [0, 0.1) is 0 Å². The predicted octanol–water partition coefficient (Wildman–Crippen LogP) is 4.58. The summed E-state index contributed by atoms with van der Waals surface area (Å²) >= 11 is 0. The molecule has 0 spiro atoms. The van der Waals surface area contributed by atoms with Crippen LogP contribution in [-0.4, -0.2) is 25.8 Å². The van der Waals surface area contributed by atoms with Gasteiger partial charge < -0.3 is 24.3 Å². The predicted molar refractivity (Wildman–Crippen MR) is 112 cm³/mol. The normalized spacial score (nSPS) is 10.4. The number of nitrogens with zero attached hydrogens (tertiary/aromatic N) is 1. The van der Waals surface area contributed by atoms with Gasteiger partial charge in [-0.1, -0.05) is 0 Å². The fourth-order valence-electron chi connectivity index (χ4n) is 2.83. The zero-order valence-corrected chi connectivity index (χ0v) is 17.0. The van der Waals surface area contributed by atoms with Crippen molar-refractivity contribution in [3.63, 3.8) is 0 Å². The van der Waals surface area contributed by atoms with E-state index in [4.69, 9.17) is 18.9 Å². The summed E-state index contributed by atoms with van der Waals surface area (Å²) in [5.74, 6) is 3.64. The van der Waals surface area contributed by atoms with Gasteiger partial charge in [0, 0.05) is 31.4 Å². The Labute approximate surface area is 171 Å². The van der Waals surface area contributed by atoms with Crippen LogP contribution >= 0.6 is 0 Å². The molecule has 6 heteroatoms. The Morgan fingerprint density at radius 2 is 1.41 bits per heavy atom. The molecule has 0 unspecified atom stereocenters. The Bertz CT molecular complexity index is 891. The second-order valence-electron chi connectivity index (χ2n) is 6.33. The average Bonchev–Trinajstić information content (AvgIpc) is 2.75. The largest absolute Gasteiger partial charge is 0.497 e. The lowest BCUT2D eigenvalue weighted by Crippen LogP contribution is -2.13. The Morgan fingerprint density at radius 3 is 2.07 bits per heavy atom. The van der Waals surface area contributed by atoms with E-state index in [1.54, 1.807) is 20.4 Å². The molecular formula is C23H26N2O4. The summed E-state index contributed by atoms with van der Waals surface area (Å²) in [7, 11) is 3.30. The Kier molecular flexibility index (Phi) is 7.30. The minimum absolute atomic E-state index is 0.552. The second-order valence-corrected chi connectivity index (χ2v) is 6.33. The first kappa shape index (κ1) is 20.5. The smallest absolute Gasteiger partial charge is 0.219 e. The molecule has 1 heterocycles. The quantitative estimate of drug-likeness (QED) is 0.543. The highest BCUT2D eigenvalue weighted by atomic mass is 16.5. The lowest BCUT2D eigenvalue weighted by molar-refractivity contribution is 0.339. The Balaban J connectivity index is 1.57. The topological polar surface area (TPSA) is 61.8 Å². The zero-order chi connectivity index (χ0) is 20.5. The molecule has 29 heavy (non-hydrogen) atoms. The molecule has 0 amide bonds. The van der Waals surface area contributed by atoms with Crippen molar-refractivity contribution in [2.45, 2.75) is 20.0 Å². The molecule has 0 saturated heterocycles. The van der Waals surface area contributed by atoms with Gasteiger partial charge in [-0.3, -0.25) is 0 Å². The van der Waals surface area contributed by atoms with Crippen molar-refractivity contribution in [3.8, 4) is 28.9 Å². The SMILES string of the molecule is CCOc1ccc(Oc2cc(CNCc3cc(OC)cc(OC)c3)ccn2)cc1. The van der Waals surface area contributed by atoms with Crippen LogP contribution in [-0.2, 0) is 13.1 Å². The minimum atomic E-state index is 0.552. The van der Waals surface area contributed by atoms with E-state index in [2.05, 4.69) is 10.3 Å². The molecule has 6 nitrogen and oxygen atoms in total. The number of ether oxygens (including phenoxy) is 4. The van der Waals surface area contributed by atoms with Gasteiger partial charge in [-0.15, -0.1) is 0 Å². The van der Waals surface area contributed by atoms with E-state index in [1.165, 1.54) is 0 Å². The average molecular weight is 394 g/mol. The van der Waals surface area contributed by atoms with Crippen LogP contribution in [0.1, 0.15) is 18.1 Å². The van der Waals surface area contributed by atoms with E-state index in [1.807, 2.05) is 61.5 Å². The first-order valence-corrected chi connectivity index (χ1v) is 9.48. The number of benzene rings is 2. The monoisotopic (exact) mass is 394 g/mol. The summed E-state index contributed by atoms with van der Waals surface area (Å²) in [5.41, 5.74) is 2.16. The summed E-state index contributed by atoms with van der Waals surface area (Å²) in [6, 6.07) is 17.2. The summed E-state index contributed by atoms with van der Waals surface area (Å²) in [6.07, 6.45) is 1.75. The van der Waals surface area contributed by atoms with E-state index in [0.29, 0.717) is 25.6 Å². The van der Waals surface area contributed by atoms with E-state index < -0.39 is 0 Å². The Hall–Kier alpha value is -3.25. The van der Waals surface area contributed by atoms with Gasteiger partial charge in [0.1, 0.15) is 23.0 Å². The third kappa shape index (κ3) is 6.12. The van der Waals surface area contributed by atoms with Crippen molar-refractivity contribution < 1.29 is 18.9 Å². The molecule has 0 saturated carbocycles. The van der Waals surface area contributed by atoms with E-state index in [-0.39, 0.29) is 0 Å². The molecular weight excluding hydrogens is 368 g/mol. The molecule has 0 radical (unpaired) electrons. The van der Waals surface area contributed by atoms with Crippen LogP contribution in [0.4, 0.5) is 0 Å². The Morgan fingerprint density at radius 1 is 0.759 bits per heavy atom. The molecule has 3 aromatic rings. The molecule has 0 aliphatic heterocycles. The van der Waals surface area contributed by atoms with Gasteiger partial charge in [0.2, 0.25) is 5.88 Å². The zero-order valence-electron chi connectivity index (χ0n) is 17.0. The first-order valence-electron chi connectivity index (χ1n) is 9.48. The van der Waals surface area contributed by atoms with Crippen LogP contribution in [0.2, 0.25) is 0 Å². The molecule has 0 fully saturated rings. The number of pyridine rings is 1. The lowest BCUT2D eigenvalue weighted by atomic mass is 10.2. The molecule has 3 rings (SSSR count). The van der Waals surface area contributed by atoms with Crippen molar-refractivity contribution in [1.82, 2.24) is 10.3 Å². The third-order valence-electron chi connectivity index (χ3n) is 4.23. The van der Waals surface area contributed by atoms with E-state index >= 15 is 0 Å². The third-order valence-corrected chi connectivity index (χ3v) is 4.23. The fraction of sp³-hybridized carbons (Fsp3) is 0.261. The van der Waals surface area contributed by atoms with E-state index in [0.717, 1.165) is 34.1 Å². The molecule has 0 bridgehead atoms. The second kappa shape index (κ2) is 10.3. The van der Waals surface area contributed by atoms with Gasteiger partial charge in [0.25, 0.3) is 0 Å². The molecule has 1 N–H and O–H groups in total. The minimum Gasteiger partial charge on any atom is -0.497 e. The van der Waals surface area contributed by atoms with Gasteiger partial charge in [0.15, 0.2) is 0 Å². The van der Waals surface area contributed by atoms with Crippen LogP contribution in [0.25, 0.3) is 0 Å². The summed E-state index contributed by atoms with van der Waals surface area (Å²) < 4.78 is 21.9. The molecule has 0 aliphatic carbocycles. The maximum absolute atomic E-state index is 5.85. The summed E-state index contributed by atoms with van der Waals surface area (Å²) in [4.78, 5) is 4.29. The molecule has 152 valence electrons. The maximum atomic E-state index is 5.85. The van der Waals surface area contributed by atoms with Crippen LogP contribution in [0.5, 0.6) is 28.9 Å². The summed E-state index contributed by atoms with van der Waals surface area (Å²) in [5, 5.41) is 3.42. The molecule has 0 aliphatic rings. The molecule has 0 atom stereocenters. The molecule has 2 aromatic carbocycles. The van der Waals surface area contributed by atoms with Crippen molar-refractivity contribution in [2.24, 2.45) is 0 Å². The number of aromatic nitrogens is 1. The number of methoxy groups -OCH3 is 2. The van der Waals surface area contributed by atoms with Gasteiger partial charge in [0.05, 0.1) is 20.8 Å². The molecule has 1 aromatic heterocycles. The van der Waals surface area contributed by atoms with Gasteiger partial charge >= 0.3 is 0 Å². The highest BCUT2D eigenvalue weighted by Gasteiger charge is 2.04. The van der Waals surface area contributed by atoms with Crippen LogP contribution < -0.4 is 24.3 Å². The number of hydrogen-bond acceptors (Lipinski definition) is 6. The van der Waals surface area contributed by atoms with Crippen molar-refractivity contribution >= 4 is 0 Å². The van der Waals surface area contributed by atoms with Crippen LogP contribution in [0.3, 0.4) is 0 Å². The van der Waals surface area contributed by atoms with E-state index in [9.17, 15) is 0 Å². The van der Waals surface area contributed by atoms with Gasteiger partial charge in [-0.25, -0.2) is 4.98 Å². The van der Waals surface area contributed by atoms with Crippen LogP contribution in [0.15, 0.2) is 60.8 Å². The maximum Gasteiger partial charge on any atom is 0.219 e.